The molecule has 2 aromatic rings. The number of thiazole rings is 1. The molecule has 2 heterocycles. The molecule has 5 nitrogen and oxygen atoms in total. The minimum atomic E-state index is -3.03. The average Bonchev–Trinajstić information content (AvgIpc) is 3.12. The summed E-state index contributed by atoms with van der Waals surface area (Å²) in [7, 11) is -3.03. The molecule has 0 bridgehead atoms. The molecule has 1 atom stereocenters. The molecule has 0 radical (unpaired) electrons. The van der Waals surface area contributed by atoms with Gasteiger partial charge in [0.15, 0.2) is 9.84 Å². The summed E-state index contributed by atoms with van der Waals surface area (Å²) in [6, 6.07) is 9.83. The fourth-order valence-electron chi connectivity index (χ4n) is 2.44. The highest BCUT2D eigenvalue weighted by Gasteiger charge is 2.32. The first-order valence-electron chi connectivity index (χ1n) is 7.01. The number of aromatic nitrogens is 1. The van der Waals surface area contributed by atoms with Crippen molar-refractivity contribution in [2.75, 3.05) is 11.5 Å². The number of hydrogen-bond donors (Lipinski definition) is 1. The molecule has 0 saturated carbocycles. The normalized spacial score (nSPS) is 19.9. The Labute approximate surface area is 133 Å². The quantitative estimate of drug-likeness (QED) is 0.924. The van der Waals surface area contributed by atoms with Crippen molar-refractivity contribution < 1.29 is 13.2 Å². The first kappa shape index (κ1) is 15.2. The van der Waals surface area contributed by atoms with Crippen LogP contribution in [-0.4, -0.2) is 30.8 Å². The summed E-state index contributed by atoms with van der Waals surface area (Å²) in [6.45, 7) is 0.340. The minimum absolute atomic E-state index is 0.0357. The van der Waals surface area contributed by atoms with Crippen molar-refractivity contribution in [3.05, 3.63) is 40.7 Å². The molecule has 1 N–H and O–H groups in total. The number of hydrogen-bond acceptors (Lipinski definition) is 5. The summed E-state index contributed by atoms with van der Waals surface area (Å²) < 4.78 is 22.8. The Bertz CT molecular complexity index is 769. The van der Waals surface area contributed by atoms with Gasteiger partial charge in [-0.1, -0.05) is 30.3 Å². The van der Waals surface area contributed by atoms with Crippen LogP contribution in [0.4, 0.5) is 0 Å². The lowest BCUT2D eigenvalue weighted by atomic mass is 10.1. The molecular formula is C15H16N2O3S2. The molecule has 0 unspecified atom stereocenters. The summed E-state index contributed by atoms with van der Waals surface area (Å²) >= 11 is 1.48. The third kappa shape index (κ3) is 3.53. The van der Waals surface area contributed by atoms with Crippen LogP contribution >= 0.6 is 11.3 Å². The second-order valence-electron chi connectivity index (χ2n) is 5.31. The predicted molar refractivity (Wildman–Crippen MR) is 86.2 cm³/mol. The van der Waals surface area contributed by atoms with Crippen LogP contribution in [-0.2, 0) is 21.2 Å². The molecule has 1 fully saturated rings. The summed E-state index contributed by atoms with van der Waals surface area (Å²) in [5.74, 6) is -0.539. The highest BCUT2D eigenvalue weighted by atomic mass is 32.2. The van der Waals surface area contributed by atoms with Gasteiger partial charge >= 0.3 is 0 Å². The molecule has 1 saturated heterocycles. The number of carbonyl (C=O) groups is 1. The molecule has 0 aliphatic carbocycles. The Kier molecular flexibility index (Phi) is 4.26. The van der Waals surface area contributed by atoms with E-state index in [1.807, 2.05) is 35.7 Å². The van der Waals surface area contributed by atoms with Gasteiger partial charge in [-0.2, -0.15) is 0 Å². The second kappa shape index (κ2) is 6.18. The third-order valence-electron chi connectivity index (χ3n) is 3.64. The van der Waals surface area contributed by atoms with Gasteiger partial charge in [-0.05, 0) is 6.42 Å². The van der Waals surface area contributed by atoms with Crippen molar-refractivity contribution in [2.24, 2.45) is 5.92 Å². The van der Waals surface area contributed by atoms with Crippen molar-refractivity contribution in [2.45, 2.75) is 13.0 Å². The minimum Gasteiger partial charge on any atom is -0.349 e. The fourth-order valence-corrected chi connectivity index (χ4v) is 4.93. The Morgan fingerprint density at radius 1 is 1.32 bits per heavy atom. The van der Waals surface area contributed by atoms with Gasteiger partial charge in [0.1, 0.15) is 5.01 Å². The lowest BCUT2D eigenvalue weighted by Gasteiger charge is -2.07. The first-order chi connectivity index (χ1) is 10.5. The number of amides is 1. The van der Waals surface area contributed by atoms with E-state index in [1.54, 1.807) is 0 Å². The maximum absolute atomic E-state index is 12.0. The number of nitrogens with one attached hydrogen (secondary N) is 1. The van der Waals surface area contributed by atoms with E-state index >= 15 is 0 Å². The van der Waals surface area contributed by atoms with E-state index in [0.29, 0.717) is 13.0 Å². The van der Waals surface area contributed by atoms with Gasteiger partial charge in [-0.3, -0.25) is 4.79 Å². The van der Waals surface area contributed by atoms with E-state index in [9.17, 15) is 13.2 Å². The van der Waals surface area contributed by atoms with Gasteiger partial charge in [0.25, 0.3) is 0 Å². The molecule has 1 aromatic carbocycles. The van der Waals surface area contributed by atoms with Gasteiger partial charge in [-0.15, -0.1) is 11.3 Å². The second-order valence-corrected chi connectivity index (χ2v) is 8.48. The van der Waals surface area contributed by atoms with Gasteiger partial charge in [0.2, 0.25) is 5.91 Å². The Morgan fingerprint density at radius 2 is 2.09 bits per heavy atom. The molecule has 1 aromatic heterocycles. The Hall–Kier alpha value is -1.73. The Morgan fingerprint density at radius 3 is 2.77 bits per heavy atom. The van der Waals surface area contributed by atoms with Crippen molar-refractivity contribution in [3.8, 4) is 11.3 Å². The first-order valence-corrected chi connectivity index (χ1v) is 9.71. The largest absolute Gasteiger partial charge is 0.349 e. The molecule has 7 heteroatoms. The maximum Gasteiger partial charge on any atom is 0.224 e. The molecule has 116 valence electrons. The van der Waals surface area contributed by atoms with Crippen molar-refractivity contribution in [1.29, 1.82) is 0 Å². The van der Waals surface area contributed by atoms with Gasteiger partial charge < -0.3 is 5.32 Å². The number of nitrogens with zero attached hydrogens (tertiary/aromatic N) is 1. The SMILES string of the molecule is O=C(NCc1nc(-c2ccccc2)cs1)[C@@H]1CCS(=O)(=O)C1. The van der Waals surface area contributed by atoms with Crippen LogP contribution in [0.25, 0.3) is 11.3 Å². The van der Waals surface area contributed by atoms with Crippen molar-refractivity contribution in [1.82, 2.24) is 10.3 Å². The molecule has 22 heavy (non-hydrogen) atoms. The van der Waals surface area contributed by atoms with Crippen LogP contribution in [0, 0.1) is 5.92 Å². The smallest absolute Gasteiger partial charge is 0.224 e. The van der Waals surface area contributed by atoms with Crippen molar-refractivity contribution >= 4 is 27.1 Å². The van der Waals surface area contributed by atoms with Crippen LogP contribution < -0.4 is 5.32 Å². The summed E-state index contributed by atoms with van der Waals surface area (Å²) in [5.41, 5.74) is 1.93. The molecule has 1 aliphatic rings. The number of rotatable bonds is 4. The maximum atomic E-state index is 12.0. The predicted octanol–water partition coefficient (Wildman–Crippen LogP) is 1.86. The van der Waals surface area contributed by atoms with Crippen LogP contribution in [0.2, 0.25) is 0 Å². The summed E-state index contributed by atoms with van der Waals surface area (Å²) in [6.07, 6.45) is 0.418. The molecule has 1 amide bonds. The standard InChI is InChI=1S/C15H16N2O3S2/c18-15(12-6-7-22(19,20)10-12)16-8-14-17-13(9-21-14)11-4-2-1-3-5-11/h1-5,9,12H,6-8,10H2,(H,16,18)/t12-/m1/s1. The van der Waals surface area contributed by atoms with Crippen LogP contribution in [0.1, 0.15) is 11.4 Å². The van der Waals surface area contributed by atoms with Crippen LogP contribution in [0.5, 0.6) is 0 Å². The lowest BCUT2D eigenvalue weighted by Crippen LogP contribution is -2.30. The number of sulfone groups is 1. The summed E-state index contributed by atoms with van der Waals surface area (Å²) in [4.78, 5) is 16.5. The van der Waals surface area contributed by atoms with E-state index in [1.165, 1.54) is 11.3 Å². The van der Waals surface area contributed by atoms with Crippen LogP contribution in [0.3, 0.4) is 0 Å². The van der Waals surface area contributed by atoms with E-state index in [-0.39, 0.29) is 17.4 Å². The monoisotopic (exact) mass is 336 g/mol. The van der Waals surface area contributed by atoms with E-state index in [4.69, 9.17) is 0 Å². The highest BCUT2D eigenvalue weighted by Crippen LogP contribution is 2.22. The number of benzene rings is 1. The topological polar surface area (TPSA) is 76.1 Å². The third-order valence-corrected chi connectivity index (χ3v) is 6.26. The zero-order chi connectivity index (χ0) is 15.6. The van der Waals surface area contributed by atoms with Crippen LogP contribution in [0.15, 0.2) is 35.7 Å². The highest BCUT2D eigenvalue weighted by molar-refractivity contribution is 7.91. The average molecular weight is 336 g/mol. The molecule has 3 rings (SSSR count). The molecule has 1 aliphatic heterocycles. The van der Waals surface area contributed by atoms with E-state index in [0.717, 1.165) is 16.3 Å². The van der Waals surface area contributed by atoms with Gasteiger partial charge in [-0.25, -0.2) is 13.4 Å². The molecular weight excluding hydrogens is 320 g/mol. The van der Waals surface area contributed by atoms with Gasteiger partial charge in [0, 0.05) is 10.9 Å². The van der Waals surface area contributed by atoms with Gasteiger partial charge in [0.05, 0.1) is 29.7 Å². The van der Waals surface area contributed by atoms with Crippen molar-refractivity contribution in [3.63, 3.8) is 0 Å². The fraction of sp³-hybridized carbons (Fsp3) is 0.333. The lowest BCUT2D eigenvalue weighted by molar-refractivity contribution is -0.124. The number of carbonyl (C=O) groups excluding carboxylic acids is 1. The van der Waals surface area contributed by atoms with E-state index in [2.05, 4.69) is 10.3 Å². The zero-order valence-electron chi connectivity index (χ0n) is 11.9. The Balaban J connectivity index is 1.59. The molecule has 0 spiro atoms. The summed E-state index contributed by atoms with van der Waals surface area (Å²) in [5, 5.41) is 5.56. The van der Waals surface area contributed by atoms with E-state index < -0.39 is 15.8 Å². The zero-order valence-corrected chi connectivity index (χ0v) is 13.5.